The number of likely N-dealkylation sites (tertiary alicyclic amines) is 1. The Kier molecular flexibility index (Phi) is 9.39. The Hall–Kier alpha value is -2.45. The molecule has 1 N–H and O–H groups in total. The number of aromatic nitrogens is 1. The first-order valence-corrected chi connectivity index (χ1v) is 16.4. The molecule has 0 atom stereocenters. The molecular weight excluding hydrogens is 534 g/mol. The van der Waals surface area contributed by atoms with Crippen LogP contribution in [0.1, 0.15) is 112 Å². The summed E-state index contributed by atoms with van der Waals surface area (Å²) in [5.74, 6) is 0.638. The lowest BCUT2D eigenvalue weighted by atomic mass is 9.81. The topological polar surface area (TPSA) is 83.0 Å². The molecule has 0 spiro atoms. The maximum absolute atomic E-state index is 14.2. The Morgan fingerprint density at radius 2 is 1.76 bits per heavy atom. The molecular formula is C33H47N3O4S. The molecule has 3 heterocycles. The molecule has 0 aromatic carbocycles. The van der Waals surface area contributed by atoms with Crippen molar-refractivity contribution in [3.8, 4) is 5.75 Å². The number of pyridine rings is 1. The number of hydrogen-bond acceptors (Lipinski definition) is 6. The largest absolute Gasteiger partial charge is 0.488 e. The summed E-state index contributed by atoms with van der Waals surface area (Å²) in [6.07, 6.45) is 13.4. The van der Waals surface area contributed by atoms with E-state index in [1.165, 1.54) is 29.7 Å². The minimum Gasteiger partial charge on any atom is -0.488 e. The number of nitrogens with zero attached hydrogens (tertiary/aromatic N) is 3. The van der Waals surface area contributed by atoms with Crippen molar-refractivity contribution >= 4 is 28.9 Å². The van der Waals surface area contributed by atoms with Gasteiger partial charge in [-0.25, -0.2) is 4.79 Å². The van der Waals surface area contributed by atoms with E-state index in [2.05, 4.69) is 43.6 Å². The highest BCUT2D eigenvalue weighted by molar-refractivity contribution is 7.14. The van der Waals surface area contributed by atoms with Gasteiger partial charge in [-0.05, 0) is 101 Å². The van der Waals surface area contributed by atoms with Gasteiger partial charge in [-0.3, -0.25) is 14.7 Å². The zero-order valence-corrected chi connectivity index (χ0v) is 26.0. The van der Waals surface area contributed by atoms with Crippen LogP contribution in [0.2, 0.25) is 0 Å². The summed E-state index contributed by atoms with van der Waals surface area (Å²) in [5.41, 5.74) is 1.59. The third kappa shape index (κ3) is 7.14. The van der Waals surface area contributed by atoms with Crippen LogP contribution in [0.5, 0.6) is 5.75 Å². The van der Waals surface area contributed by atoms with Crippen LogP contribution >= 0.6 is 11.3 Å². The van der Waals surface area contributed by atoms with Gasteiger partial charge in [0.05, 0.1) is 18.0 Å². The molecule has 3 fully saturated rings. The van der Waals surface area contributed by atoms with E-state index in [4.69, 9.17) is 4.74 Å². The number of hydrogen-bond donors (Lipinski definition) is 1. The van der Waals surface area contributed by atoms with E-state index in [1.807, 2.05) is 23.4 Å². The molecule has 41 heavy (non-hydrogen) atoms. The number of aromatic carboxylic acids is 1. The predicted octanol–water partition coefficient (Wildman–Crippen LogP) is 7.28. The molecule has 1 aliphatic heterocycles. The molecule has 2 aromatic rings. The lowest BCUT2D eigenvalue weighted by Crippen LogP contribution is -2.47. The maximum atomic E-state index is 14.2. The first kappa shape index (κ1) is 30.0. The summed E-state index contributed by atoms with van der Waals surface area (Å²) < 4.78 is 6.55. The van der Waals surface area contributed by atoms with Crippen LogP contribution in [0.25, 0.3) is 0 Å². The second kappa shape index (κ2) is 12.8. The minimum absolute atomic E-state index is 0.0276. The Bertz CT molecular complexity index is 1200. The number of rotatable bonds is 8. The molecule has 224 valence electrons. The fraction of sp³-hybridized carbons (Fsp3) is 0.667. The van der Waals surface area contributed by atoms with E-state index in [0.29, 0.717) is 11.6 Å². The van der Waals surface area contributed by atoms with Crippen molar-refractivity contribution in [2.45, 2.75) is 116 Å². The monoisotopic (exact) mass is 581 g/mol. The normalized spacial score (nSPS) is 25.7. The highest BCUT2D eigenvalue weighted by Crippen LogP contribution is 2.42. The van der Waals surface area contributed by atoms with Crippen molar-refractivity contribution in [3.63, 3.8) is 0 Å². The molecule has 1 amide bonds. The van der Waals surface area contributed by atoms with Gasteiger partial charge in [0.2, 0.25) is 5.91 Å². The Morgan fingerprint density at radius 3 is 2.39 bits per heavy atom. The van der Waals surface area contributed by atoms with Crippen LogP contribution in [0.4, 0.5) is 5.69 Å². The summed E-state index contributed by atoms with van der Waals surface area (Å²) in [4.78, 5) is 36.7. The van der Waals surface area contributed by atoms with Crippen molar-refractivity contribution in [2.24, 2.45) is 11.8 Å². The third-order valence-corrected chi connectivity index (χ3v) is 10.8. The van der Waals surface area contributed by atoms with Gasteiger partial charge < -0.3 is 14.7 Å². The summed E-state index contributed by atoms with van der Waals surface area (Å²) in [6.45, 7) is 11.7. The molecule has 2 saturated carbocycles. The lowest BCUT2D eigenvalue weighted by molar-refractivity contribution is -0.124. The van der Waals surface area contributed by atoms with Crippen LogP contribution < -0.4 is 9.64 Å². The predicted molar refractivity (Wildman–Crippen MR) is 164 cm³/mol. The maximum Gasteiger partial charge on any atom is 0.348 e. The van der Waals surface area contributed by atoms with Crippen LogP contribution in [0.3, 0.4) is 0 Å². The molecule has 2 aliphatic carbocycles. The number of carboxylic acids is 1. The summed E-state index contributed by atoms with van der Waals surface area (Å²) in [5, 5.41) is 10.2. The summed E-state index contributed by atoms with van der Waals surface area (Å²) in [7, 11) is 0. The average Bonchev–Trinajstić information content (AvgIpc) is 3.62. The van der Waals surface area contributed by atoms with Crippen molar-refractivity contribution in [3.05, 3.63) is 39.8 Å². The Labute approximate surface area is 249 Å². The van der Waals surface area contributed by atoms with Gasteiger partial charge in [0.1, 0.15) is 10.6 Å². The Balaban J connectivity index is 1.35. The Morgan fingerprint density at radius 1 is 1.07 bits per heavy atom. The van der Waals surface area contributed by atoms with Gasteiger partial charge >= 0.3 is 5.97 Å². The number of carbonyl (C=O) groups is 2. The molecule has 8 heteroatoms. The highest BCUT2D eigenvalue weighted by atomic mass is 32.1. The number of carboxylic acid groups (broad SMARTS) is 1. The molecule has 0 bridgehead atoms. The molecule has 5 rings (SSSR count). The van der Waals surface area contributed by atoms with Crippen LogP contribution in [-0.4, -0.2) is 52.1 Å². The second-order valence-corrected chi connectivity index (χ2v) is 14.6. The third-order valence-electron chi connectivity index (χ3n) is 9.27. The van der Waals surface area contributed by atoms with Crippen molar-refractivity contribution in [1.29, 1.82) is 0 Å². The van der Waals surface area contributed by atoms with E-state index >= 15 is 0 Å². The first-order chi connectivity index (χ1) is 19.6. The van der Waals surface area contributed by atoms with Gasteiger partial charge in [-0.15, -0.1) is 11.3 Å². The van der Waals surface area contributed by atoms with Crippen molar-refractivity contribution < 1.29 is 19.4 Å². The molecule has 7 nitrogen and oxygen atoms in total. The van der Waals surface area contributed by atoms with Crippen molar-refractivity contribution in [1.82, 2.24) is 9.88 Å². The van der Waals surface area contributed by atoms with Crippen molar-refractivity contribution in [2.75, 3.05) is 18.0 Å². The molecule has 0 radical (unpaired) electrons. The van der Waals surface area contributed by atoms with Gasteiger partial charge in [0.25, 0.3) is 0 Å². The fourth-order valence-corrected chi connectivity index (χ4v) is 7.76. The smallest absolute Gasteiger partial charge is 0.348 e. The van der Waals surface area contributed by atoms with E-state index in [0.717, 1.165) is 81.6 Å². The number of carbonyl (C=O) groups excluding carboxylic acids is 1. The number of anilines is 1. The van der Waals surface area contributed by atoms with Crippen LogP contribution in [-0.2, 0) is 16.8 Å². The lowest BCUT2D eigenvalue weighted by Gasteiger charge is -2.39. The van der Waals surface area contributed by atoms with E-state index < -0.39 is 5.97 Å². The average molecular weight is 582 g/mol. The standard InChI is InChI=1S/C33H47N3O4S/c1-22-7-9-23(10-8-22)31(37)36(27-19-29(33(2,3)4)41-30(27)32(38)39)25-11-13-26(14-12-25)40-28-20-34-16-15-24(28)21-35-17-5-6-18-35/h15-16,19-20,22-23,25-26H,5-14,17-18,21H2,1-4H3,(H,38,39)/t22-,23-,25-,26-. The van der Waals surface area contributed by atoms with Gasteiger partial charge in [0, 0.05) is 35.1 Å². The van der Waals surface area contributed by atoms with Gasteiger partial charge in [0.15, 0.2) is 0 Å². The molecule has 0 unspecified atom stereocenters. The van der Waals surface area contributed by atoms with Crippen LogP contribution in [0.15, 0.2) is 24.5 Å². The van der Waals surface area contributed by atoms with E-state index in [-0.39, 0.29) is 34.3 Å². The van der Waals surface area contributed by atoms with E-state index in [9.17, 15) is 14.7 Å². The fourth-order valence-electron chi connectivity index (χ4n) is 6.71. The SMILES string of the molecule is CC(C)(C)c1cc(N(C(=O)[C@H]2CC[C@H](C)CC2)[C@H]2CC[C@H](Oc3cnccc3CN3CCCC3)CC2)c(C(=O)O)s1. The summed E-state index contributed by atoms with van der Waals surface area (Å²) >= 11 is 1.32. The second-order valence-electron chi connectivity index (χ2n) is 13.6. The van der Waals surface area contributed by atoms with Gasteiger partial charge in [-0.2, -0.15) is 0 Å². The zero-order chi connectivity index (χ0) is 29.1. The number of ether oxygens (including phenoxy) is 1. The molecule has 1 saturated heterocycles. The number of amides is 1. The molecule has 3 aliphatic rings. The quantitative estimate of drug-likeness (QED) is 0.353. The number of thiophene rings is 1. The zero-order valence-electron chi connectivity index (χ0n) is 25.2. The minimum atomic E-state index is -0.949. The van der Waals surface area contributed by atoms with E-state index in [1.54, 1.807) is 0 Å². The van der Waals surface area contributed by atoms with Crippen LogP contribution in [0, 0.1) is 11.8 Å². The van der Waals surface area contributed by atoms with Gasteiger partial charge in [-0.1, -0.05) is 27.7 Å². The molecule has 2 aromatic heterocycles. The summed E-state index contributed by atoms with van der Waals surface area (Å²) in [6, 6.07) is 4.03. The first-order valence-electron chi connectivity index (χ1n) is 15.6. The highest BCUT2D eigenvalue weighted by Gasteiger charge is 2.38.